The van der Waals surface area contributed by atoms with Gasteiger partial charge in [0.15, 0.2) is 5.69 Å². The monoisotopic (exact) mass is 509 g/mol. The van der Waals surface area contributed by atoms with Gasteiger partial charge in [0.25, 0.3) is 11.8 Å². The van der Waals surface area contributed by atoms with Crippen LogP contribution in [0.4, 0.5) is 5.69 Å². The largest absolute Gasteiger partial charge is 0.395 e. The van der Waals surface area contributed by atoms with Gasteiger partial charge < -0.3 is 26.4 Å². The molecule has 0 aliphatic carbocycles. The number of rotatable bonds is 13. The maximum Gasteiger partial charge on any atom is 0.270 e. The Bertz CT molecular complexity index is 980. The smallest absolute Gasteiger partial charge is 0.270 e. The molecule has 0 bridgehead atoms. The van der Waals surface area contributed by atoms with E-state index >= 15 is 0 Å². The van der Waals surface area contributed by atoms with Crippen LogP contribution in [0.1, 0.15) is 65.4 Å². The minimum atomic E-state index is -0.947. The van der Waals surface area contributed by atoms with Gasteiger partial charge in [-0.3, -0.25) is 14.4 Å². The molecule has 0 saturated carbocycles. The van der Waals surface area contributed by atoms with E-state index in [4.69, 9.17) is 27.8 Å². The van der Waals surface area contributed by atoms with E-state index in [1.165, 1.54) is 4.90 Å². The van der Waals surface area contributed by atoms with Crippen molar-refractivity contribution in [2.75, 3.05) is 32.0 Å². The topological polar surface area (TPSA) is 141 Å². The van der Waals surface area contributed by atoms with Gasteiger partial charge in [0.2, 0.25) is 5.91 Å². The number of ether oxygens (including phenoxy) is 1. The standard InChI is InChI=1S/C23H32ClN5O4S/c1-4-33-13-5-12-29(23(32)20-17(25)18(21(26)30)28-34-20)19(15-6-8-16(24)9-7-15)22(31)27-11-10-14(2)3/h6-9,14,19H,4-5,10-13,25H2,1-3H3,(H2,26,30)(H,27,31)/t19-/m1/s1. The van der Waals surface area contributed by atoms with E-state index in [9.17, 15) is 14.4 Å². The molecule has 1 aromatic heterocycles. The van der Waals surface area contributed by atoms with E-state index in [0.29, 0.717) is 42.7 Å². The van der Waals surface area contributed by atoms with Crippen molar-refractivity contribution in [3.63, 3.8) is 0 Å². The van der Waals surface area contributed by atoms with Gasteiger partial charge in [-0.15, -0.1) is 0 Å². The Hall–Kier alpha value is -2.69. The number of carbonyl (C=O) groups is 3. The Morgan fingerprint density at radius 3 is 2.47 bits per heavy atom. The molecule has 0 aliphatic rings. The molecule has 1 heterocycles. The molecule has 0 radical (unpaired) electrons. The predicted molar refractivity (Wildman–Crippen MR) is 134 cm³/mol. The van der Waals surface area contributed by atoms with E-state index in [2.05, 4.69) is 23.5 Å². The molecule has 34 heavy (non-hydrogen) atoms. The third-order valence-corrected chi connectivity index (χ3v) is 6.18. The highest BCUT2D eigenvalue weighted by Crippen LogP contribution is 2.29. The second-order valence-corrected chi connectivity index (χ2v) is 9.32. The SMILES string of the molecule is CCOCCCN(C(=O)c1snc(C(N)=O)c1N)[C@@H](C(=O)NCCC(C)C)c1ccc(Cl)cc1. The number of halogens is 1. The average Bonchev–Trinajstić information content (AvgIpc) is 3.17. The van der Waals surface area contributed by atoms with E-state index in [1.807, 2.05) is 6.92 Å². The number of nitrogen functional groups attached to an aromatic ring is 1. The van der Waals surface area contributed by atoms with Crippen LogP contribution in [0.2, 0.25) is 5.02 Å². The normalized spacial score (nSPS) is 11.9. The first-order valence-electron chi connectivity index (χ1n) is 11.1. The summed E-state index contributed by atoms with van der Waals surface area (Å²) >= 11 is 6.84. The van der Waals surface area contributed by atoms with Crippen molar-refractivity contribution in [3.05, 3.63) is 45.4 Å². The minimum Gasteiger partial charge on any atom is -0.395 e. The Balaban J connectivity index is 2.46. The molecule has 1 aromatic carbocycles. The Kier molecular flexibility index (Phi) is 10.7. The van der Waals surface area contributed by atoms with Crippen LogP contribution in [0.5, 0.6) is 0 Å². The molecule has 1 atom stereocenters. The van der Waals surface area contributed by atoms with Gasteiger partial charge in [0.1, 0.15) is 10.9 Å². The lowest BCUT2D eigenvalue weighted by Gasteiger charge is -2.31. The van der Waals surface area contributed by atoms with Gasteiger partial charge in [-0.05, 0) is 54.9 Å². The van der Waals surface area contributed by atoms with Crippen molar-refractivity contribution < 1.29 is 19.1 Å². The summed E-state index contributed by atoms with van der Waals surface area (Å²) in [6.07, 6.45) is 1.28. The molecule has 5 N–H and O–H groups in total. The Morgan fingerprint density at radius 2 is 1.91 bits per heavy atom. The summed E-state index contributed by atoms with van der Waals surface area (Å²) in [5, 5.41) is 3.45. The zero-order valence-electron chi connectivity index (χ0n) is 19.7. The summed E-state index contributed by atoms with van der Waals surface area (Å²) in [4.78, 5) is 40.1. The lowest BCUT2D eigenvalue weighted by atomic mass is 10.0. The maximum atomic E-state index is 13.7. The number of anilines is 1. The molecule has 3 amide bonds. The molecule has 2 rings (SSSR count). The van der Waals surface area contributed by atoms with Crippen molar-refractivity contribution >= 4 is 46.5 Å². The lowest BCUT2D eigenvalue weighted by Crippen LogP contribution is -2.44. The van der Waals surface area contributed by atoms with E-state index in [1.54, 1.807) is 24.3 Å². The van der Waals surface area contributed by atoms with Crippen LogP contribution in [0.15, 0.2) is 24.3 Å². The van der Waals surface area contributed by atoms with Crippen LogP contribution >= 0.6 is 23.1 Å². The number of carbonyl (C=O) groups excluding carboxylic acids is 3. The van der Waals surface area contributed by atoms with E-state index < -0.39 is 17.9 Å². The summed E-state index contributed by atoms with van der Waals surface area (Å²) in [7, 11) is 0. The fraction of sp³-hybridized carbons (Fsp3) is 0.478. The fourth-order valence-corrected chi connectivity index (χ4v) is 4.17. The van der Waals surface area contributed by atoms with Crippen molar-refractivity contribution in [3.8, 4) is 0 Å². The number of amides is 3. The summed E-state index contributed by atoms with van der Waals surface area (Å²) < 4.78 is 9.37. The summed E-state index contributed by atoms with van der Waals surface area (Å²) in [6.45, 7) is 7.64. The molecule has 0 unspecified atom stereocenters. The van der Waals surface area contributed by atoms with Crippen LogP contribution in [0.25, 0.3) is 0 Å². The average molecular weight is 510 g/mol. The van der Waals surface area contributed by atoms with Crippen LogP contribution in [0.3, 0.4) is 0 Å². The van der Waals surface area contributed by atoms with Crippen LogP contribution in [-0.2, 0) is 9.53 Å². The zero-order valence-corrected chi connectivity index (χ0v) is 21.2. The predicted octanol–water partition coefficient (Wildman–Crippen LogP) is 3.25. The number of hydrogen-bond donors (Lipinski definition) is 3. The molecule has 9 nitrogen and oxygen atoms in total. The Morgan fingerprint density at radius 1 is 1.24 bits per heavy atom. The number of aromatic nitrogens is 1. The number of benzene rings is 1. The third kappa shape index (κ3) is 7.41. The van der Waals surface area contributed by atoms with Crippen molar-refractivity contribution in [1.82, 2.24) is 14.6 Å². The van der Waals surface area contributed by atoms with Gasteiger partial charge in [0.05, 0.1) is 5.69 Å². The molecule has 0 spiro atoms. The summed E-state index contributed by atoms with van der Waals surface area (Å²) in [5.74, 6) is -1.26. The van der Waals surface area contributed by atoms with Gasteiger partial charge in [-0.25, -0.2) is 0 Å². The number of nitrogens with zero attached hydrogens (tertiary/aromatic N) is 2. The molecule has 2 aromatic rings. The lowest BCUT2D eigenvalue weighted by molar-refractivity contribution is -0.126. The Labute approximate surface area is 208 Å². The number of primary amides is 1. The molecule has 0 saturated heterocycles. The zero-order chi connectivity index (χ0) is 25.3. The molecular weight excluding hydrogens is 478 g/mol. The number of nitrogens with one attached hydrogen (secondary N) is 1. The summed E-state index contributed by atoms with van der Waals surface area (Å²) in [6, 6.07) is 5.81. The molecule has 186 valence electrons. The first-order chi connectivity index (χ1) is 16.2. The highest BCUT2D eigenvalue weighted by atomic mass is 35.5. The third-order valence-electron chi connectivity index (χ3n) is 5.07. The first kappa shape index (κ1) is 27.6. The number of nitrogens with two attached hydrogens (primary N) is 2. The first-order valence-corrected chi connectivity index (χ1v) is 12.3. The maximum absolute atomic E-state index is 13.7. The van der Waals surface area contributed by atoms with Crippen LogP contribution in [0, 0.1) is 5.92 Å². The van der Waals surface area contributed by atoms with Gasteiger partial charge in [0, 0.05) is 31.3 Å². The second-order valence-electron chi connectivity index (χ2n) is 8.11. The molecule has 11 heteroatoms. The minimum absolute atomic E-state index is 0.0548. The van der Waals surface area contributed by atoms with Crippen LogP contribution in [-0.4, -0.2) is 53.3 Å². The van der Waals surface area contributed by atoms with Crippen LogP contribution < -0.4 is 16.8 Å². The highest BCUT2D eigenvalue weighted by Gasteiger charge is 2.34. The fourth-order valence-electron chi connectivity index (χ4n) is 3.29. The second kappa shape index (κ2) is 13.3. The summed E-state index contributed by atoms with van der Waals surface area (Å²) in [5.41, 5.74) is 11.7. The van der Waals surface area contributed by atoms with E-state index in [-0.39, 0.29) is 28.7 Å². The molecule has 0 fully saturated rings. The van der Waals surface area contributed by atoms with Gasteiger partial charge in [-0.1, -0.05) is 37.6 Å². The van der Waals surface area contributed by atoms with Crippen molar-refractivity contribution in [2.24, 2.45) is 11.7 Å². The molecule has 0 aliphatic heterocycles. The molecular formula is C23H32ClN5O4S. The van der Waals surface area contributed by atoms with Gasteiger partial charge >= 0.3 is 0 Å². The number of hydrogen-bond acceptors (Lipinski definition) is 7. The quantitative estimate of drug-likeness (QED) is 0.354. The van der Waals surface area contributed by atoms with Gasteiger partial charge in [-0.2, -0.15) is 4.37 Å². The highest BCUT2D eigenvalue weighted by molar-refractivity contribution is 7.09. The van der Waals surface area contributed by atoms with E-state index in [0.717, 1.165) is 18.0 Å². The van der Waals surface area contributed by atoms with Crippen molar-refractivity contribution in [1.29, 1.82) is 0 Å². The van der Waals surface area contributed by atoms with Crippen molar-refractivity contribution in [2.45, 2.75) is 39.7 Å².